The molecule has 0 saturated carbocycles. The normalized spacial score (nSPS) is 11.8. The molecule has 13 heteroatoms. The first kappa shape index (κ1) is 25.1. The molecule has 2 aromatic heterocycles. The number of nitrogens with zero attached hydrogens (tertiary/aromatic N) is 3. The van der Waals surface area contributed by atoms with Crippen LogP contribution in [0.15, 0.2) is 42.6 Å². The summed E-state index contributed by atoms with van der Waals surface area (Å²) in [4.78, 5) is 12.8. The molecule has 2 heterocycles. The van der Waals surface area contributed by atoms with Crippen molar-refractivity contribution in [2.45, 2.75) is 0 Å². The summed E-state index contributed by atoms with van der Waals surface area (Å²) in [5, 5.41) is 7.21. The quantitative estimate of drug-likeness (QED) is 0.400. The molecule has 1 aromatic carbocycles. The second-order valence-corrected chi connectivity index (χ2v) is 12.9. The molecular weight excluding hydrogens is 488 g/mol. The maximum Gasteiger partial charge on any atom is 0.379 e. The van der Waals surface area contributed by atoms with E-state index in [2.05, 4.69) is 25.6 Å². The predicted octanol–water partition coefficient (Wildman–Crippen LogP) is 4.38. The highest BCUT2D eigenvalue weighted by Gasteiger charge is 2.27. The van der Waals surface area contributed by atoms with Crippen LogP contribution in [0.3, 0.4) is 0 Å². The smallest absolute Gasteiger partial charge is 0.379 e. The van der Waals surface area contributed by atoms with Gasteiger partial charge in [0.15, 0.2) is 11.3 Å². The number of hydrogen-bond acceptors (Lipinski definition) is 10. The van der Waals surface area contributed by atoms with Crippen LogP contribution in [0.2, 0.25) is 5.02 Å². The summed E-state index contributed by atoms with van der Waals surface area (Å²) in [6, 6.07) is 10.3. The highest BCUT2D eigenvalue weighted by Crippen LogP contribution is 2.45. The van der Waals surface area contributed by atoms with Crippen LogP contribution in [0.25, 0.3) is 0 Å². The van der Waals surface area contributed by atoms with E-state index in [0.29, 0.717) is 16.5 Å². The first-order chi connectivity index (χ1) is 15.6. The number of benzene rings is 1. The van der Waals surface area contributed by atoms with Gasteiger partial charge in [0.1, 0.15) is 17.9 Å². The molecule has 0 fully saturated rings. The van der Waals surface area contributed by atoms with Gasteiger partial charge in [-0.1, -0.05) is 11.6 Å². The summed E-state index contributed by atoms with van der Waals surface area (Å²) in [6.07, 6.45) is 1.44. The molecule has 0 amide bonds. The SMILES string of the molecule is COc1nc(P(=O)(OC)OC)ccc1Nc1ncc(Cl)c(Nc2ccc(P(C)(C)=O)cc2)n1. The molecular formula is C20H24ClN5O5P2. The Morgan fingerprint density at radius 1 is 0.909 bits per heavy atom. The first-order valence-corrected chi connectivity index (χ1v) is 14.1. The van der Waals surface area contributed by atoms with Gasteiger partial charge in [-0.25, -0.2) is 9.97 Å². The van der Waals surface area contributed by atoms with Crippen molar-refractivity contribution >= 4 is 60.2 Å². The van der Waals surface area contributed by atoms with Gasteiger partial charge in [-0.3, -0.25) is 4.57 Å². The molecule has 0 aliphatic rings. The standard InChI is InChI=1S/C20H24ClN5O5P2/c1-29-19-16(10-11-17(25-19)33(28,30-2)31-3)24-20-22-12-15(21)18(26-20)23-13-6-8-14(9-7-13)32(4,5)27/h6-12H,1-5H3,(H2,22,23,24,26). The van der Waals surface area contributed by atoms with Crippen LogP contribution >= 0.6 is 26.3 Å². The summed E-state index contributed by atoms with van der Waals surface area (Å²) in [7, 11) is -1.91. The number of hydrogen-bond donors (Lipinski definition) is 2. The third kappa shape index (κ3) is 5.91. The Bertz CT molecular complexity index is 1230. The Hall–Kier alpha value is -2.48. The van der Waals surface area contributed by atoms with Gasteiger partial charge in [0, 0.05) is 25.2 Å². The van der Waals surface area contributed by atoms with Crippen LogP contribution in [0, 0.1) is 0 Å². The van der Waals surface area contributed by atoms with Crippen LogP contribution in [-0.2, 0) is 18.2 Å². The van der Waals surface area contributed by atoms with Gasteiger partial charge in [-0.2, -0.15) is 4.98 Å². The van der Waals surface area contributed by atoms with Gasteiger partial charge < -0.3 is 29.0 Å². The van der Waals surface area contributed by atoms with Crippen LogP contribution in [0.5, 0.6) is 5.88 Å². The van der Waals surface area contributed by atoms with E-state index in [1.165, 1.54) is 33.6 Å². The topological polar surface area (TPSA) is 125 Å². The van der Waals surface area contributed by atoms with Crippen LogP contribution in [-0.4, -0.2) is 49.6 Å². The second-order valence-electron chi connectivity index (χ2n) is 7.13. The van der Waals surface area contributed by atoms with Crippen molar-refractivity contribution < 1.29 is 22.9 Å². The third-order valence-electron chi connectivity index (χ3n) is 4.54. The molecule has 2 N–H and O–H groups in total. The summed E-state index contributed by atoms with van der Waals surface area (Å²) < 4.78 is 40.0. The van der Waals surface area contributed by atoms with E-state index < -0.39 is 14.7 Å². The fourth-order valence-electron chi connectivity index (χ4n) is 2.77. The third-order valence-corrected chi connectivity index (χ3v) is 8.13. The number of halogens is 1. The van der Waals surface area contributed by atoms with E-state index in [0.717, 1.165) is 11.0 Å². The molecule has 33 heavy (non-hydrogen) atoms. The molecule has 0 saturated heterocycles. The molecule has 0 unspecified atom stereocenters. The highest BCUT2D eigenvalue weighted by atomic mass is 35.5. The van der Waals surface area contributed by atoms with Crippen molar-refractivity contribution in [1.29, 1.82) is 0 Å². The first-order valence-electron chi connectivity index (χ1n) is 9.59. The van der Waals surface area contributed by atoms with E-state index in [9.17, 15) is 9.13 Å². The second kappa shape index (κ2) is 10.2. The lowest BCUT2D eigenvalue weighted by Crippen LogP contribution is -2.14. The van der Waals surface area contributed by atoms with Gasteiger partial charge in [0.25, 0.3) is 0 Å². The van der Waals surface area contributed by atoms with Crippen LogP contribution in [0.4, 0.5) is 23.1 Å². The van der Waals surface area contributed by atoms with Gasteiger partial charge in [0.2, 0.25) is 11.8 Å². The van der Waals surface area contributed by atoms with Crippen LogP contribution < -0.4 is 26.1 Å². The number of anilines is 4. The molecule has 0 aliphatic heterocycles. The minimum atomic E-state index is -3.54. The Kier molecular flexibility index (Phi) is 7.77. The number of nitrogens with one attached hydrogen (secondary N) is 2. The lowest BCUT2D eigenvalue weighted by molar-refractivity contribution is 0.286. The van der Waals surface area contributed by atoms with Crippen LogP contribution in [0.1, 0.15) is 0 Å². The van der Waals surface area contributed by atoms with Crippen molar-refractivity contribution in [3.8, 4) is 5.88 Å². The van der Waals surface area contributed by atoms with Crippen molar-refractivity contribution in [3.63, 3.8) is 0 Å². The Labute approximate surface area is 197 Å². The van der Waals surface area contributed by atoms with Crippen molar-refractivity contribution in [3.05, 3.63) is 47.6 Å². The van der Waals surface area contributed by atoms with Gasteiger partial charge in [-0.05, 0) is 49.7 Å². The fourth-order valence-corrected chi connectivity index (χ4v) is 4.77. The minimum Gasteiger partial charge on any atom is -0.479 e. The lowest BCUT2D eigenvalue weighted by atomic mass is 10.3. The average Bonchev–Trinajstić information content (AvgIpc) is 2.80. The largest absolute Gasteiger partial charge is 0.479 e. The van der Waals surface area contributed by atoms with E-state index in [1.54, 1.807) is 43.7 Å². The lowest BCUT2D eigenvalue weighted by Gasteiger charge is -2.16. The zero-order valence-electron chi connectivity index (χ0n) is 18.7. The summed E-state index contributed by atoms with van der Waals surface area (Å²) in [5.41, 5.74) is 1.25. The van der Waals surface area contributed by atoms with E-state index >= 15 is 0 Å². The fraction of sp³-hybridized carbons (Fsp3) is 0.250. The Balaban J connectivity index is 1.85. The number of aromatic nitrogens is 3. The number of methoxy groups -OCH3 is 1. The molecule has 0 spiro atoms. The molecule has 176 valence electrons. The Morgan fingerprint density at radius 2 is 1.58 bits per heavy atom. The predicted molar refractivity (Wildman–Crippen MR) is 131 cm³/mol. The Morgan fingerprint density at radius 3 is 2.15 bits per heavy atom. The molecule has 0 radical (unpaired) electrons. The number of ether oxygens (including phenoxy) is 1. The number of pyridine rings is 1. The zero-order chi connectivity index (χ0) is 24.2. The number of rotatable bonds is 9. The maximum absolute atomic E-state index is 12.6. The highest BCUT2D eigenvalue weighted by molar-refractivity contribution is 7.70. The van der Waals surface area contributed by atoms with Gasteiger partial charge in [-0.15, -0.1) is 0 Å². The molecule has 3 rings (SSSR count). The molecule has 3 aromatic rings. The van der Waals surface area contributed by atoms with E-state index in [1.807, 2.05) is 0 Å². The minimum absolute atomic E-state index is 0.0985. The monoisotopic (exact) mass is 511 g/mol. The van der Waals surface area contributed by atoms with Crippen molar-refractivity contribution in [2.75, 3.05) is 45.3 Å². The summed E-state index contributed by atoms with van der Waals surface area (Å²) >= 11 is 6.26. The van der Waals surface area contributed by atoms with E-state index in [-0.39, 0.29) is 17.3 Å². The van der Waals surface area contributed by atoms with E-state index in [4.69, 9.17) is 25.4 Å². The average molecular weight is 512 g/mol. The van der Waals surface area contributed by atoms with Crippen molar-refractivity contribution in [1.82, 2.24) is 15.0 Å². The summed E-state index contributed by atoms with van der Waals surface area (Å²) in [5.74, 6) is 0.735. The molecule has 0 bridgehead atoms. The van der Waals surface area contributed by atoms with Crippen molar-refractivity contribution in [2.24, 2.45) is 0 Å². The maximum atomic E-state index is 12.6. The molecule has 0 aliphatic carbocycles. The van der Waals surface area contributed by atoms with Gasteiger partial charge in [0.05, 0.1) is 13.3 Å². The van der Waals surface area contributed by atoms with Gasteiger partial charge >= 0.3 is 7.60 Å². The summed E-state index contributed by atoms with van der Waals surface area (Å²) in [6.45, 7) is 3.43. The molecule has 10 nitrogen and oxygen atoms in total. The molecule has 0 atom stereocenters. The zero-order valence-corrected chi connectivity index (χ0v) is 21.2.